The number of hydrogen-bond donors (Lipinski definition) is 3. The Morgan fingerprint density at radius 1 is 0.867 bits per heavy atom. The lowest BCUT2D eigenvalue weighted by Crippen LogP contribution is -2.36. The van der Waals surface area contributed by atoms with Crippen molar-refractivity contribution in [1.82, 2.24) is 10.6 Å². The fourth-order valence-corrected chi connectivity index (χ4v) is 2.77. The van der Waals surface area contributed by atoms with Crippen molar-refractivity contribution in [2.24, 2.45) is 0 Å². The Morgan fingerprint density at radius 3 is 2.43 bits per heavy atom. The van der Waals surface area contributed by atoms with Gasteiger partial charge in [0.2, 0.25) is 5.91 Å². The zero-order valence-electron chi connectivity index (χ0n) is 16.8. The van der Waals surface area contributed by atoms with E-state index in [-0.39, 0.29) is 36.6 Å². The first kappa shape index (κ1) is 20.9. The molecule has 0 aliphatic heterocycles. The Morgan fingerprint density at radius 2 is 1.70 bits per heavy atom. The van der Waals surface area contributed by atoms with Crippen LogP contribution in [0.3, 0.4) is 0 Å². The third-order valence-electron chi connectivity index (χ3n) is 4.60. The first-order chi connectivity index (χ1) is 14.4. The van der Waals surface area contributed by atoms with Gasteiger partial charge in [0.1, 0.15) is 0 Å². The maximum absolute atomic E-state index is 12.2. The van der Waals surface area contributed by atoms with E-state index >= 15 is 0 Å². The molecular formula is C23H23N3O4. The van der Waals surface area contributed by atoms with Gasteiger partial charge in [0.15, 0.2) is 5.76 Å². The molecule has 3 amide bonds. The lowest BCUT2D eigenvalue weighted by Gasteiger charge is -2.09. The van der Waals surface area contributed by atoms with Gasteiger partial charge >= 0.3 is 0 Å². The summed E-state index contributed by atoms with van der Waals surface area (Å²) < 4.78 is 5.06. The van der Waals surface area contributed by atoms with Crippen LogP contribution in [0, 0.1) is 13.8 Å². The fourth-order valence-electron chi connectivity index (χ4n) is 2.77. The number of carbonyl (C=O) groups is 3. The van der Waals surface area contributed by atoms with Gasteiger partial charge < -0.3 is 20.4 Å². The minimum atomic E-state index is -0.352. The summed E-state index contributed by atoms with van der Waals surface area (Å²) in [6, 6.07) is 15.7. The molecule has 0 bridgehead atoms. The molecule has 7 heteroatoms. The maximum atomic E-state index is 12.2. The number of furan rings is 1. The van der Waals surface area contributed by atoms with E-state index in [1.807, 2.05) is 26.0 Å². The van der Waals surface area contributed by atoms with Crippen LogP contribution < -0.4 is 16.0 Å². The monoisotopic (exact) mass is 405 g/mol. The maximum Gasteiger partial charge on any atom is 0.291 e. The highest BCUT2D eigenvalue weighted by atomic mass is 16.3. The molecule has 0 spiro atoms. The molecule has 1 aromatic heterocycles. The van der Waals surface area contributed by atoms with Crippen molar-refractivity contribution in [3.05, 3.63) is 88.9 Å². The van der Waals surface area contributed by atoms with Crippen molar-refractivity contribution in [2.45, 2.75) is 20.4 Å². The van der Waals surface area contributed by atoms with Gasteiger partial charge in [-0.15, -0.1) is 0 Å². The lowest BCUT2D eigenvalue weighted by atomic mass is 10.1. The van der Waals surface area contributed by atoms with Crippen LogP contribution in [0.1, 0.15) is 37.6 Å². The van der Waals surface area contributed by atoms with Gasteiger partial charge in [-0.05, 0) is 66.9 Å². The van der Waals surface area contributed by atoms with E-state index in [1.54, 1.807) is 42.5 Å². The molecule has 7 nitrogen and oxygen atoms in total. The molecule has 0 saturated heterocycles. The summed E-state index contributed by atoms with van der Waals surface area (Å²) in [5.74, 6) is -0.739. The average Bonchev–Trinajstić information content (AvgIpc) is 3.28. The molecule has 1 heterocycles. The number of hydrogen-bond acceptors (Lipinski definition) is 4. The van der Waals surface area contributed by atoms with E-state index < -0.39 is 0 Å². The molecule has 0 unspecified atom stereocenters. The van der Waals surface area contributed by atoms with Gasteiger partial charge in [0.05, 0.1) is 12.8 Å². The van der Waals surface area contributed by atoms with Crippen LogP contribution in [0.25, 0.3) is 0 Å². The fraction of sp³-hybridized carbons (Fsp3) is 0.174. The quantitative estimate of drug-likeness (QED) is 0.562. The van der Waals surface area contributed by atoms with Crippen LogP contribution in [-0.2, 0) is 11.3 Å². The number of amides is 3. The molecule has 0 atom stereocenters. The Balaban J connectivity index is 1.48. The van der Waals surface area contributed by atoms with Crippen molar-refractivity contribution in [2.75, 3.05) is 11.9 Å². The van der Waals surface area contributed by atoms with Crippen LogP contribution in [0.4, 0.5) is 5.69 Å². The second-order valence-corrected chi connectivity index (χ2v) is 6.89. The number of rotatable bonds is 7. The van der Waals surface area contributed by atoms with Crippen LogP contribution >= 0.6 is 0 Å². The summed E-state index contributed by atoms with van der Waals surface area (Å²) in [5, 5.41) is 8.10. The van der Waals surface area contributed by atoms with Crippen LogP contribution in [0.2, 0.25) is 0 Å². The highest BCUT2D eigenvalue weighted by Gasteiger charge is 2.10. The standard InChI is InChI=1S/C23H23N3O4/c1-15-8-9-18(11-16(15)2)22(28)25-14-21(27)24-13-17-5-3-6-19(12-17)26-23(29)20-7-4-10-30-20/h3-12H,13-14H2,1-2H3,(H,24,27)(H,25,28)(H,26,29). The molecule has 0 aliphatic carbocycles. The van der Waals surface area contributed by atoms with E-state index in [0.717, 1.165) is 16.7 Å². The average molecular weight is 405 g/mol. The molecule has 2 aromatic carbocycles. The van der Waals surface area contributed by atoms with Crippen molar-refractivity contribution in [3.63, 3.8) is 0 Å². The molecule has 0 fully saturated rings. The van der Waals surface area contributed by atoms with E-state index in [2.05, 4.69) is 16.0 Å². The summed E-state index contributed by atoms with van der Waals surface area (Å²) in [5.41, 5.74) is 4.04. The van der Waals surface area contributed by atoms with Gasteiger partial charge in [0.25, 0.3) is 11.8 Å². The smallest absolute Gasteiger partial charge is 0.291 e. The van der Waals surface area contributed by atoms with Crippen LogP contribution in [-0.4, -0.2) is 24.3 Å². The number of nitrogens with one attached hydrogen (secondary N) is 3. The second kappa shape index (κ2) is 9.56. The minimum Gasteiger partial charge on any atom is -0.459 e. The van der Waals surface area contributed by atoms with Crippen LogP contribution in [0.5, 0.6) is 0 Å². The van der Waals surface area contributed by atoms with Crippen LogP contribution in [0.15, 0.2) is 65.3 Å². The first-order valence-corrected chi connectivity index (χ1v) is 9.48. The molecule has 0 saturated carbocycles. The van der Waals surface area contributed by atoms with E-state index in [4.69, 9.17) is 4.42 Å². The first-order valence-electron chi connectivity index (χ1n) is 9.48. The molecule has 3 N–H and O–H groups in total. The van der Waals surface area contributed by atoms with Gasteiger partial charge in [-0.1, -0.05) is 18.2 Å². The van der Waals surface area contributed by atoms with Gasteiger partial charge in [-0.3, -0.25) is 14.4 Å². The van der Waals surface area contributed by atoms with Gasteiger partial charge in [0, 0.05) is 17.8 Å². The molecule has 154 valence electrons. The summed E-state index contributed by atoms with van der Waals surface area (Å²) in [6.45, 7) is 4.05. The lowest BCUT2D eigenvalue weighted by molar-refractivity contribution is -0.120. The predicted octanol–water partition coefficient (Wildman–Crippen LogP) is 3.19. The van der Waals surface area contributed by atoms with E-state index in [9.17, 15) is 14.4 Å². The summed E-state index contributed by atoms with van der Waals surface area (Å²) in [6.07, 6.45) is 1.43. The number of carbonyl (C=O) groups excluding carboxylic acids is 3. The highest BCUT2D eigenvalue weighted by Crippen LogP contribution is 2.13. The normalized spacial score (nSPS) is 10.3. The molecule has 3 aromatic rings. The minimum absolute atomic E-state index is 0.124. The van der Waals surface area contributed by atoms with Crippen molar-refractivity contribution in [3.8, 4) is 0 Å². The number of benzene rings is 2. The third kappa shape index (κ3) is 5.57. The number of aryl methyl sites for hydroxylation is 2. The Kier molecular flexibility index (Phi) is 6.64. The topological polar surface area (TPSA) is 100 Å². The molecule has 0 radical (unpaired) electrons. The molecule has 30 heavy (non-hydrogen) atoms. The van der Waals surface area contributed by atoms with Gasteiger partial charge in [-0.25, -0.2) is 0 Å². The molecule has 0 aliphatic rings. The largest absolute Gasteiger partial charge is 0.459 e. The molecular weight excluding hydrogens is 382 g/mol. The van der Waals surface area contributed by atoms with E-state index in [1.165, 1.54) is 6.26 Å². The summed E-state index contributed by atoms with van der Waals surface area (Å²) >= 11 is 0. The SMILES string of the molecule is Cc1ccc(C(=O)NCC(=O)NCc2cccc(NC(=O)c3ccco3)c2)cc1C. The zero-order chi connectivity index (χ0) is 21.5. The highest BCUT2D eigenvalue weighted by molar-refractivity contribution is 6.02. The Hall–Kier alpha value is -3.87. The van der Waals surface area contributed by atoms with Crippen molar-refractivity contribution in [1.29, 1.82) is 0 Å². The predicted molar refractivity (Wildman–Crippen MR) is 113 cm³/mol. The number of anilines is 1. The van der Waals surface area contributed by atoms with Crippen molar-refractivity contribution < 1.29 is 18.8 Å². The Bertz CT molecular complexity index is 1060. The zero-order valence-corrected chi connectivity index (χ0v) is 16.8. The van der Waals surface area contributed by atoms with E-state index in [0.29, 0.717) is 11.3 Å². The second-order valence-electron chi connectivity index (χ2n) is 6.89. The summed E-state index contributed by atoms with van der Waals surface area (Å²) in [7, 11) is 0. The summed E-state index contributed by atoms with van der Waals surface area (Å²) in [4.78, 5) is 36.3. The van der Waals surface area contributed by atoms with Gasteiger partial charge in [-0.2, -0.15) is 0 Å². The Labute approximate surface area is 174 Å². The van der Waals surface area contributed by atoms with Crippen molar-refractivity contribution >= 4 is 23.4 Å². The molecule has 3 rings (SSSR count). The third-order valence-corrected chi connectivity index (χ3v) is 4.60.